The second-order valence-electron chi connectivity index (χ2n) is 10.8. The zero-order chi connectivity index (χ0) is 31.6. The van der Waals surface area contributed by atoms with Crippen LogP contribution in [0.25, 0.3) is 0 Å². The molecule has 5 atom stereocenters. The molecule has 5 rings (SSSR count). The maximum absolute atomic E-state index is 14.8. The molecule has 4 aromatic rings. The Labute approximate surface area is 283 Å². The van der Waals surface area contributed by atoms with E-state index >= 15 is 0 Å². The number of halogens is 4. The molecule has 9 heteroatoms. The second-order valence-corrected chi connectivity index (χ2v) is 13.5. The number of nitrogens with zero attached hydrogens (tertiary/aromatic N) is 1. The molecule has 0 amide bonds. The monoisotopic (exact) mass is 753 g/mol. The predicted molar refractivity (Wildman–Crippen MR) is 178 cm³/mol. The lowest BCUT2D eigenvalue weighted by Gasteiger charge is -2.54. The average Bonchev–Trinajstić information content (AvgIpc) is 3.02. The molecule has 1 saturated carbocycles. The van der Waals surface area contributed by atoms with Gasteiger partial charge in [0.25, 0.3) is 0 Å². The van der Waals surface area contributed by atoms with Crippen molar-refractivity contribution in [1.29, 1.82) is 5.26 Å². The van der Waals surface area contributed by atoms with Crippen molar-refractivity contribution >= 4 is 66.8 Å². The quantitative estimate of drug-likeness (QED) is 0.150. The van der Waals surface area contributed by atoms with E-state index in [1.807, 2.05) is 0 Å². The van der Waals surface area contributed by atoms with Gasteiger partial charge in [-0.1, -0.05) is 104 Å². The van der Waals surface area contributed by atoms with Gasteiger partial charge in [0.1, 0.15) is 5.60 Å². The molecule has 0 saturated heterocycles. The third-order valence-electron chi connectivity index (χ3n) is 8.46. The van der Waals surface area contributed by atoms with E-state index in [9.17, 15) is 20.0 Å². The van der Waals surface area contributed by atoms with E-state index in [1.165, 1.54) is 0 Å². The summed E-state index contributed by atoms with van der Waals surface area (Å²) < 4.78 is 7.21. The molecule has 44 heavy (non-hydrogen) atoms. The number of hydrogen-bond acceptors (Lipinski definition) is 5. The molecule has 0 aliphatic heterocycles. The van der Waals surface area contributed by atoms with E-state index in [2.05, 4.69) is 37.9 Å². The summed E-state index contributed by atoms with van der Waals surface area (Å²) in [5, 5.41) is 25.1. The number of benzene rings is 4. The summed E-state index contributed by atoms with van der Waals surface area (Å²) in [5.41, 5.74) is -1.85. The van der Waals surface area contributed by atoms with Gasteiger partial charge in [-0.3, -0.25) is 9.59 Å². The largest absolute Gasteiger partial charge is 0.465 e. The van der Waals surface area contributed by atoms with E-state index in [1.54, 1.807) is 104 Å². The summed E-state index contributed by atoms with van der Waals surface area (Å²) in [6, 6.07) is 29.8. The summed E-state index contributed by atoms with van der Waals surface area (Å²) >= 11 is 19.4. The molecule has 0 bridgehead atoms. The van der Waals surface area contributed by atoms with Gasteiger partial charge in [-0.15, -0.1) is 0 Å². The Morgan fingerprint density at radius 2 is 1.36 bits per heavy atom. The van der Waals surface area contributed by atoms with Crippen molar-refractivity contribution in [3.63, 3.8) is 0 Å². The topological polar surface area (TPSA) is 87.4 Å². The van der Waals surface area contributed by atoms with Crippen LogP contribution >= 0.6 is 55.1 Å². The van der Waals surface area contributed by atoms with Crippen LogP contribution < -0.4 is 0 Å². The van der Waals surface area contributed by atoms with E-state index < -0.39 is 40.5 Å². The number of carbonyl (C=O) groups excluding carboxylic acids is 2. The highest BCUT2D eigenvalue weighted by Crippen LogP contribution is 2.64. The molecular weight excluding hydrogens is 729 g/mol. The zero-order valence-electron chi connectivity index (χ0n) is 23.5. The van der Waals surface area contributed by atoms with Crippen LogP contribution in [0.2, 0.25) is 10.0 Å². The first-order valence-electron chi connectivity index (χ1n) is 13.9. The van der Waals surface area contributed by atoms with Crippen LogP contribution in [-0.4, -0.2) is 23.5 Å². The van der Waals surface area contributed by atoms with Gasteiger partial charge in [0.15, 0.2) is 11.2 Å². The molecule has 1 aliphatic rings. The highest BCUT2D eigenvalue weighted by molar-refractivity contribution is 9.10. The third kappa shape index (κ3) is 5.87. The van der Waals surface area contributed by atoms with E-state index in [-0.39, 0.29) is 13.0 Å². The van der Waals surface area contributed by atoms with Crippen molar-refractivity contribution < 1.29 is 19.4 Å². The molecule has 0 aromatic heterocycles. The molecule has 0 heterocycles. The van der Waals surface area contributed by atoms with Crippen LogP contribution in [0.4, 0.5) is 0 Å². The Hall–Kier alpha value is -2.99. The Bertz CT molecular complexity index is 1710. The zero-order valence-corrected chi connectivity index (χ0v) is 28.2. The molecule has 0 unspecified atom stereocenters. The van der Waals surface area contributed by atoms with E-state index in [0.29, 0.717) is 32.3 Å². The number of carbonyl (C=O) groups is 2. The van der Waals surface area contributed by atoms with Crippen LogP contribution in [0.5, 0.6) is 0 Å². The fourth-order valence-corrected chi connectivity index (χ4v) is 7.25. The summed E-state index contributed by atoms with van der Waals surface area (Å²) in [6.45, 7) is 1.69. The van der Waals surface area contributed by atoms with Gasteiger partial charge in [-0.2, -0.15) is 5.26 Å². The molecular formula is C35H27Br2Cl2NO4. The second kappa shape index (κ2) is 13.2. The highest BCUT2D eigenvalue weighted by atomic mass is 79.9. The van der Waals surface area contributed by atoms with Gasteiger partial charge in [-0.05, 0) is 78.6 Å². The molecule has 0 spiro atoms. The third-order valence-corrected chi connectivity index (χ3v) is 10.0. The van der Waals surface area contributed by atoms with Gasteiger partial charge in [0, 0.05) is 36.4 Å². The number of esters is 1. The number of Topliss-reactive ketones (excluding diaryl/α,β-unsaturated/α-hetero) is 1. The fourth-order valence-electron chi connectivity index (χ4n) is 6.47. The first-order chi connectivity index (χ1) is 21.0. The van der Waals surface area contributed by atoms with Gasteiger partial charge >= 0.3 is 5.97 Å². The number of nitriles is 1. The maximum Gasteiger partial charge on any atom is 0.327 e. The highest BCUT2D eigenvalue weighted by Gasteiger charge is 2.67. The summed E-state index contributed by atoms with van der Waals surface area (Å²) in [4.78, 5) is 29.1. The molecule has 4 aromatic carbocycles. The minimum atomic E-state index is -1.92. The lowest BCUT2D eigenvalue weighted by atomic mass is 9.47. The minimum Gasteiger partial charge on any atom is -0.465 e. The van der Waals surface area contributed by atoms with Gasteiger partial charge in [0.2, 0.25) is 0 Å². The Morgan fingerprint density at radius 3 is 1.86 bits per heavy atom. The Balaban J connectivity index is 1.89. The fraction of sp³-hybridized carbons (Fsp3) is 0.229. The molecule has 224 valence electrons. The standard InChI is InChI=1S/C35H27Br2Cl2NO4/c1-2-44-33(42)34(20-40)29(21-5-15-27(38)16-6-21)19-35(43,24-9-13-26(37)14-10-24)31(30(34)22-7-17-28(39)18-8-22)32(41)23-3-11-25(36)12-4-23/h3-18,29-31,43H,2,19H2,1H3/t29-,30+,31-,34+,35-/m0/s1. The van der Waals surface area contributed by atoms with E-state index in [0.717, 1.165) is 8.95 Å². The first kappa shape index (κ1) is 32.4. The SMILES string of the molecule is CCOC(=O)[C@@]1(C#N)[C@H](c2ccc(Cl)cc2)[C@@H](C(=O)c2ccc(Br)cc2)[C@@](O)(c2ccc(Br)cc2)C[C@H]1c1ccc(Cl)cc1. The minimum absolute atomic E-state index is 0.0191. The van der Waals surface area contributed by atoms with Crippen molar-refractivity contribution in [2.75, 3.05) is 6.61 Å². The Kier molecular flexibility index (Phi) is 9.69. The number of ketones is 1. The molecule has 0 radical (unpaired) electrons. The van der Waals surface area contributed by atoms with E-state index in [4.69, 9.17) is 27.9 Å². The van der Waals surface area contributed by atoms with Crippen LogP contribution in [0.15, 0.2) is 106 Å². The molecule has 1 aliphatic carbocycles. The van der Waals surface area contributed by atoms with Crippen molar-refractivity contribution in [3.8, 4) is 6.07 Å². The smallest absolute Gasteiger partial charge is 0.327 e. The van der Waals surface area contributed by atoms with Crippen molar-refractivity contribution in [2.24, 2.45) is 11.3 Å². The van der Waals surface area contributed by atoms with Gasteiger partial charge < -0.3 is 9.84 Å². The number of rotatable bonds is 7. The predicted octanol–water partition coefficient (Wildman–Crippen LogP) is 9.25. The Morgan fingerprint density at radius 1 is 0.864 bits per heavy atom. The maximum atomic E-state index is 14.8. The van der Waals surface area contributed by atoms with Gasteiger partial charge in [0.05, 0.1) is 18.6 Å². The number of ether oxygens (including phenoxy) is 1. The van der Waals surface area contributed by atoms with Crippen molar-refractivity contribution in [3.05, 3.63) is 138 Å². The summed E-state index contributed by atoms with van der Waals surface area (Å²) in [5.74, 6) is -4.51. The van der Waals surface area contributed by atoms with Crippen LogP contribution in [-0.2, 0) is 15.1 Å². The summed E-state index contributed by atoms with van der Waals surface area (Å²) in [7, 11) is 0. The normalized spacial score (nSPS) is 24.7. The van der Waals surface area contributed by atoms with Gasteiger partial charge in [-0.25, -0.2) is 0 Å². The summed E-state index contributed by atoms with van der Waals surface area (Å²) in [6.07, 6.45) is -0.125. The first-order valence-corrected chi connectivity index (χ1v) is 16.3. The lowest BCUT2D eigenvalue weighted by Crippen LogP contribution is -2.59. The number of hydrogen-bond donors (Lipinski definition) is 1. The van der Waals surface area contributed by atoms with Crippen LogP contribution in [0.1, 0.15) is 52.2 Å². The number of aliphatic hydroxyl groups is 1. The van der Waals surface area contributed by atoms with Crippen molar-refractivity contribution in [2.45, 2.75) is 30.8 Å². The average molecular weight is 756 g/mol. The van der Waals surface area contributed by atoms with Crippen LogP contribution in [0, 0.1) is 22.7 Å². The molecule has 1 N–H and O–H groups in total. The van der Waals surface area contributed by atoms with Crippen molar-refractivity contribution in [1.82, 2.24) is 0 Å². The molecule has 1 fully saturated rings. The van der Waals surface area contributed by atoms with Crippen LogP contribution in [0.3, 0.4) is 0 Å². The lowest BCUT2D eigenvalue weighted by molar-refractivity contribution is -0.164. The molecule has 5 nitrogen and oxygen atoms in total.